The zero-order chi connectivity index (χ0) is 11.9. The molecule has 1 aromatic carbocycles. The molecular formula is C14H24Cl2N2O. The van der Waals surface area contributed by atoms with Crippen LogP contribution in [0.5, 0.6) is 0 Å². The maximum absolute atomic E-state index is 5.33. The predicted octanol–water partition coefficient (Wildman–Crippen LogP) is 2.26. The lowest BCUT2D eigenvalue weighted by Gasteiger charge is -2.26. The third-order valence-electron chi connectivity index (χ3n) is 3.29. The van der Waals surface area contributed by atoms with Crippen molar-refractivity contribution < 1.29 is 4.74 Å². The average molecular weight is 307 g/mol. The molecule has 110 valence electrons. The summed E-state index contributed by atoms with van der Waals surface area (Å²) in [5.41, 5.74) is 2.76. The van der Waals surface area contributed by atoms with Gasteiger partial charge in [0.2, 0.25) is 0 Å². The van der Waals surface area contributed by atoms with Crippen LogP contribution in [0, 0.1) is 6.92 Å². The first-order chi connectivity index (χ1) is 8.36. The zero-order valence-corrected chi connectivity index (χ0v) is 13.1. The maximum Gasteiger partial charge on any atom is 0.0594 e. The molecule has 0 bridgehead atoms. The molecule has 1 aliphatic heterocycles. The summed E-state index contributed by atoms with van der Waals surface area (Å²) in [7, 11) is 0. The van der Waals surface area contributed by atoms with Gasteiger partial charge >= 0.3 is 0 Å². The molecular weight excluding hydrogens is 283 g/mol. The fraction of sp³-hybridized carbons (Fsp3) is 0.571. The molecule has 1 heterocycles. The van der Waals surface area contributed by atoms with Gasteiger partial charge in [-0.2, -0.15) is 0 Å². The number of ether oxygens (including phenoxy) is 1. The van der Waals surface area contributed by atoms with Crippen molar-refractivity contribution in [3.8, 4) is 0 Å². The molecule has 0 atom stereocenters. The molecule has 1 fully saturated rings. The third-order valence-corrected chi connectivity index (χ3v) is 3.29. The fourth-order valence-corrected chi connectivity index (χ4v) is 2.09. The summed E-state index contributed by atoms with van der Waals surface area (Å²) in [5, 5.41) is 3.51. The summed E-state index contributed by atoms with van der Waals surface area (Å²) < 4.78 is 5.33. The van der Waals surface area contributed by atoms with Crippen LogP contribution < -0.4 is 5.32 Å². The van der Waals surface area contributed by atoms with E-state index in [2.05, 4.69) is 41.4 Å². The minimum Gasteiger partial charge on any atom is -0.379 e. The summed E-state index contributed by atoms with van der Waals surface area (Å²) in [4.78, 5) is 2.45. The van der Waals surface area contributed by atoms with Crippen molar-refractivity contribution in [1.82, 2.24) is 10.2 Å². The Balaban J connectivity index is 0.00000162. The molecule has 0 aliphatic carbocycles. The standard InChI is InChI=1S/C14H22N2O.2ClH/c1-13-4-2-3-5-14(13)12-15-6-7-16-8-10-17-11-9-16;;/h2-5,15H,6-12H2,1H3;2*1H. The zero-order valence-electron chi connectivity index (χ0n) is 11.4. The van der Waals surface area contributed by atoms with Crippen LogP contribution in [0.3, 0.4) is 0 Å². The number of morpholine rings is 1. The van der Waals surface area contributed by atoms with E-state index >= 15 is 0 Å². The van der Waals surface area contributed by atoms with Gasteiger partial charge in [-0.05, 0) is 18.1 Å². The summed E-state index contributed by atoms with van der Waals surface area (Å²) in [6.45, 7) is 9.23. The van der Waals surface area contributed by atoms with Crippen LogP contribution in [0.1, 0.15) is 11.1 Å². The number of rotatable bonds is 5. The lowest BCUT2D eigenvalue weighted by atomic mass is 10.1. The Bertz CT molecular complexity index is 344. The van der Waals surface area contributed by atoms with E-state index < -0.39 is 0 Å². The summed E-state index contributed by atoms with van der Waals surface area (Å²) in [6.07, 6.45) is 0. The molecule has 1 saturated heterocycles. The number of nitrogens with zero attached hydrogens (tertiary/aromatic N) is 1. The minimum atomic E-state index is 0. The molecule has 1 aromatic rings. The quantitative estimate of drug-likeness (QED) is 0.845. The van der Waals surface area contributed by atoms with Crippen molar-refractivity contribution in [2.75, 3.05) is 39.4 Å². The van der Waals surface area contributed by atoms with E-state index in [0.29, 0.717) is 0 Å². The van der Waals surface area contributed by atoms with E-state index in [1.165, 1.54) is 11.1 Å². The van der Waals surface area contributed by atoms with Crippen molar-refractivity contribution in [2.45, 2.75) is 13.5 Å². The summed E-state index contributed by atoms with van der Waals surface area (Å²) in [5.74, 6) is 0. The van der Waals surface area contributed by atoms with E-state index in [0.717, 1.165) is 45.9 Å². The highest BCUT2D eigenvalue weighted by atomic mass is 35.5. The number of benzene rings is 1. The van der Waals surface area contributed by atoms with Crippen molar-refractivity contribution in [2.24, 2.45) is 0 Å². The first kappa shape index (κ1) is 18.7. The third kappa shape index (κ3) is 6.59. The van der Waals surface area contributed by atoms with E-state index in [4.69, 9.17) is 4.74 Å². The molecule has 0 saturated carbocycles. The topological polar surface area (TPSA) is 24.5 Å². The van der Waals surface area contributed by atoms with Crippen molar-refractivity contribution >= 4 is 24.8 Å². The van der Waals surface area contributed by atoms with Crippen LogP contribution in [0.25, 0.3) is 0 Å². The largest absolute Gasteiger partial charge is 0.379 e. The highest BCUT2D eigenvalue weighted by Gasteiger charge is 2.08. The van der Waals surface area contributed by atoms with Crippen molar-refractivity contribution in [1.29, 1.82) is 0 Å². The Labute approximate surface area is 128 Å². The highest BCUT2D eigenvalue weighted by molar-refractivity contribution is 5.85. The van der Waals surface area contributed by atoms with Gasteiger partial charge in [0.15, 0.2) is 0 Å². The Morgan fingerprint density at radius 1 is 1.16 bits per heavy atom. The van der Waals surface area contributed by atoms with Gasteiger partial charge in [0.05, 0.1) is 13.2 Å². The Hall–Kier alpha value is -0.320. The maximum atomic E-state index is 5.33. The van der Waals surface area contributed by atoms with Gasteiger partial charge in [-0.1, -0.05) is 24.3 Å². The minimum absolute atomic E-state index is 0. The molecule has 3 nitrogen and oxygen atoms in total. The molecule has 5 heteroatoms. The van der Waals surface area contributed by atoms with Gasteiger partial charge in [-0.15, -0.1) is 24.8 Å². The fourth-order valence-electron chi connectivity index (χ4n) is 2.09. The number of hydrogen-bond donors (Lipinski definition) is 1. The van der Waals surface area contributed by atoms with Gasteiger partial charge in [0.1, 0.15) is 0 Å². The molecule has 0 amide bonds. The van der Waals surface area contributed by atoms with E-state index in [1.54, 1.807) is 0 Å². The molecule has 0 unspecified atom stereocenters. The SMILES string of the molecule is Cc1ccccc1CNCCN1CCOCC1.Cl.Cl. The lowest BCUT2D eigenvalue weighted by Crippen LogP contribution is -2.40. The molecule has 2 rings (SSSR count). The molecule has 1 N–H and O–H groups in total. The highest BCUT2D eigenvalue weighted by Crippen LogP contribution is 2.05. The number of hydrogen-bond acceptors (Lipinski definition) is 3. The van der Waals surface area contributed by atoms with Crippen molar-refractivity contribution in [3.63, 3.8) is 0 Å². The second-order valence-electron chi connectivity index (χ2n) is 4.56. The number of aryl methyl sites for hydroxylation is 1. The predicted molar refractivity (Wildman–Crippen MR) is 84.6 cm³/mol. The van der Waals surface area contributed by atoms with Crippen LogP contribution in [0.4, 0.5) is 0 Å². The summed E-state index contributed by atoms with van der Waals surface area (Å²) >= 11 is 0. The van der Waals surface area contributed by atoms with E-state index in [-0.39, 0.29) is 24.8 Å². The average Bonchev–Trinajstić information content (AvgIpc) is 2.38. The molecule has 0 radical (unpaired) electrons. The van der Waals surface area contributed by atoms with Crippen LogP contribution in [-0.4, -0.2) is 44.3 Å². The van der Waals surface area contributed by atoms with Gasteiger partial charge in [-0.25, -0.2) is 0 Å². The van der Waals surface area contributed by atoms with Crippen LogP contribution in [0.2, 0.25) is 0 Å². The molecule has 19 heavy (non-hydrogen) atoms. The van der Waals surface area contributed by atoms with Gasteiger partial charge in [0, 0.05) is 32.7 Å². The lowest BCUT2D eigenvalue weighted by molar-refractivity contribution is 0.0384. The first-order valence-corrected chi connectivity index (χ1v) is 6.41. The second-order valence-corrected chi connectivity index (χ2v) is 4.56. The van der Waals surface area contributed by atoms with Gasteiger partial charge < -0.3 is 10.1 Å². The van der Waals surface area contributed by atoms with Crippen LogP contribution in [-0.2, 0) is 11.3 Å². The van der Waals surface area contributed by atoms with E-state index in [9.17, 15) is 0 Å². The van der Waals surface area contributed by atoms with Gasteiger partial charge in [0.25, 0.3) is 0 Å². The molecule has 0 aromatic heterocycles. The first-order valence-electron chi connectivity index (χ1n) is 6.41. The van der Waals surface area contributed by atoms with Gasteiger partial charge in [-0.3, -0.25) is 4.90 Å². The number of halogens is 2. The second kappa shape index (κ2) is 10.5. The Kier molecular flexibility index (Phi) is 10.3. The monoisotopic (exact) mass is 306 g/mol. The van der Waals surface area contributed by atoms with E-state index in [1.807, 2.05) is 0 Å². The van der Waals surface area contributed by atoms with Crippen LogP contribution in [0.15, 0.2) is 24.3 Å². The summed E-state index contributed by atoms with van der Waals surface area (Å²) in [6, 6.07) is 8.55. The number of nitrogens with one attached hydrogen (secondary N) is 1. The van der Waals surface area contributed by atoms with Crippen molar-refractivity contribution in [3.05, 3.63) is 35.4 Å². The smallest absolute Gasteiger partial charge is 0.0594 e. The Morgan fingerprint density at radius 2 is 1.84 bits per heavy atom. The molecule has 1 aliphatic rings. The molecule has 0 spiro atoms. The normalized spacial score (nSPS) is 15.4. The van der Waals surface area contributed by atoms with Crippen LogP contribution >= 0.6 is 24.8 Å². The Morgan fingerprint density at radius 3 is 2.53 bits per heavy atom.